The summed E-state index contributed by atoms with van der Waals surface area (Å²) in [5, 5.41) is 2.81. The summed E-state index contributed by atoms with van der Waals surface area (Å²) >= 11 is 0. The molecule has 0 aromatic heterocycles. The summed E-state index contributed by atoms with van der Waals surface area (Å²) in [6.07, 6.45) is 2.09. The summed E-state index contributed by atoms with van der Waals surface area (Å²) < 4.78 is 0. The van der Waals surface area contributed by atoms with E-state index in [1.54, 1.807) is 18.2 Å². The van der Waals surface area contributed by atoms with Crippen LogP contribution >= 0.6 is 0 Å². The van der Waals surface area contributed by atoms with Crippen LogP contribution in [0, 0.1) is 0 Å². The first-order chi connectivity index (χ1) is 8.99. The normalized spacial score (nSPS) is 11.9. The molecule has 0 aliphatic carbocycles. The van der Waals surface area contributed by atoms with Gasteiger partial charge in [0.2, 0.25) is 11.8 Å². The SMILES string of the molecule is CC(N)CCCC(=O)NCc1cccc(C(N)=O)c1. The molecule has 104 valence electrons. The highest BCUT2D eigenvalue weighted by molar-refractivity contribution is 5.92. The fourth-order valence-electron chi connectivity index (χ4n) is 1.71. The van der Waals surface area contributed by atoms with Gasteiger partial charge >= 0.3 is 0 Å². The molecule has 0 aliphatic heterocycles. The Labute approximate surface area is 113 Å². The van der Waals surface area contributed by atoms with Gasteiger partial charge in [-0.15, -0.1) is 0 Å². The van der Waals surface area contributed by atoms with Crippen molar-refractivity contribution < 1.29 is 9.59 Å². The second-order valence-corrected chi connectivity index (χ2v) is 4.71. The summed E-state index contributed by atoms with van der Waals surface area (Å²) in [6.45, 7) is 2.32. The van der Waals surface area contributed by atoms with E-state index in [1.165, 1.54) is 0 Å². The van der Waals surface area contributed by atoms with Crippen LogP contribution in [-0.4, -0.2) is 17.9 Å². The van der Waals surface area contributed by atoms with Crippen LogP contribution < -0.4 is 16.8 Å². The van der Waals surface area contributed by atoms with Gasteiger partial charge in [0.05, 0.1) is 0 Å². The minimum absolute atomic E-state index is 0.00914. The molecule has 2 amide bonds. The van der Waals surface area contributed by atoms with Gasteiger partial charge in [-0.25, -0.2) is 0 Å². The van der Waals surface area contributed by atoms with Gasteiger partial charge in [-0.05, 0) is 37.5 Å². The Hall–Kier alpha value is -1.88. The zero-order valence-electron chi connectivity index (χ0n) is 11.2. The van der Waals surface area contributed by atoms with Gasteiger partial charge in [0.25, 0.3) is 0 Å². The van der Waals surface area contributed by atoms with Crippen LogP contribution in [0.5, 0.6) is 0 Å². The van der Waals surface area contributed by atoms with E-state index in [0.29, 0.717) is 18.5 Å². The molecule has 1 atom stereocenters. The molecule has 5 N–H and O–H groups in total. The van der Waals surface area contributed by atoms with Crippen LogP contribution in [0.1, 0.15) is 42.1 Å². The number of carbonyl (C=O) groups excluding carboxylic acids is 2. The first-order valence-electron chi connectivity index (χ1n) is 6.40. The molecule has 1 aromatic carbocycles. The largest absolute Gasteiger partial charge is 0.366 e. The van der Waals surface area contributed by atoms with Crippen molar-refractivity contribution in [2.24, 2.45) is 11.5 Å². The number of nitrogens with two attached hydrogens (primary N) is 2. The first kappa shape index (κ1) is 15.2. The Bertz CT molecular complexity index is 444. The quantitative estimate of drug-likeness (QED) is 0.682. The lowest BCUT2D eigenvalue weighted by molar-refractivity contribution is -0.121. The molecule has 5 heteroatoms. The first-order valence-corrected chi connectivity index (χ1v) is 6.40. The molecule has 0 heterocycles. The van der Waals surface area contributed by atoms with Crippen LogP contribution in [0.4, 0.5) is 0 Å². The van der Waals surface area contributed by atoms with Crippen molar-refractivity contribution in [3.63, 3.8) is 0 Å². The molecule has 0 bridgehead atoms. The molecule has 5 nitrogen and oxygen atoms in total. The van der Waals surface area contributed by atoms with E-state index < -0.39 is 5.91 Å². The Morgan fingerprint density at radius 1 is 1.37 bits per heavy atom. The topological polar surface area (TPSA) is 98.2 Å². The van der Waals surface area contributed by atoms with E-state index >= 15 is 0 Å². The van der Waals surface area contributed by atoms with Gasteiger partial charge < -0.3 is 16.8 Å². The standard InChI is InChI=1S/C14H21N3O2/c1-10(15)4-2-7-13(18)17-9-11-5-3-6-12(8-11)14(16)19/h3,5-6,8,10H,2,4,7,9,15H2,1H3,(H2,16,19)(H,17,18). The summed E-state index contributed by atoms with van der Waals surface area (Å²) in [7, 11) is 0. The van der Waals surface area contributed by atoms with E-state index in [-0.39, 0.29) is 11.9 Å². The average molecular weight is 263 g/mol. The van der Waals surface area contributed by atoms with E-state index in [0.717, 1.165) is 18.4 Å². The summed E-state index contributed by atoms with van der Waals surface area (Å²) in [5.74, 6) is -0.477. The molecule has 0 radical (unpaired) electrons. The number of nitrogens with one attached hydrogen (secondary N) is 1. The van der Waals surface area contributed by atoms with E-state index in [1.807, 2.05) is 13.0 Å². The number of benzene rings is 1. The Balaban J connectivity index is 2.37. The molecule has 0 saturated carbocycles. The van der Waals surface area contributed by atoms with Crippen LogP contribution in [0.3, 0.4) is 0 Å². The fourth-order valence-corrected chi connectivity index (χ4v) is 1.71. The molecule has 1 aromatic rings. The van der Waals surface area contributed by atoms with Gasteiger partial charge in [-0.2, -0.15) is 0 Å². The van der Waals surface area contributed by atoms with Crippen molar-refractivity contribution in [3.8, 4) is 0 Å². The van der Waals surface area contributed by atoms with Gasteiger partial charge in [-0.1, -0.05) is 12.1 Å². The Morgan fingerprint density at radius 3 is 2.74 bits per heavy atom. The minimum Gasteiger partial charge on any atom is -0.366 e. The zero-order chi connectivity index (χ0) is 14.3. The van der Waals surface area contributed by atoms with E-state index in [9.17, 15) is 9.59 Å². The van der Waals surface area contributed by atoms with Gasteiger partial charge in [0.15, 0.2) is 0 Å². The molecule has 0 aliphatic rings. The van der Waals surface area contributed by atoms with E-state index in [4.69, 9.17) is 11.5 Å². The smallest absolute Gasteiger partial charge is 0.248 e. The van der Waals surface area contributed by atoms with Crippen LogP contribution in [-0.2, 0) is 11.3 Å². The summed E-state index contributed by atoms with van der Waals surface area (Å²) in [6, 6.07) is 7.05. The zero-order valence-corrected chi connectivity index (χ0v) is 11.2. The summed E-state index contributed by atoms with van der Waals surface area (Å²) in [4.78, 5) is 22.6. The monoisotopic (exact) mass is 263 g/mol. The maximum absolute atomic E-state index is 11.6. The Morgan fingerprint density at radius 2 is 2.11 bits per heavy atom. The van der Waals surface area contributed by atoms with Gasteiger partial charge in [-0.3, -0.25) is 9.59 Å². The van der Waals surface area contributed by atoms with Crippen molar-refractivity contribution in [1.82, 2.24) is 5.32 Å². The van der Waals surface area contributed by atoms with Crippen LogP contribution in [0.25, 0.3) is 0 Å². The average Bonchev–Trinajstić information content (AvgIpc) is 2.36. The van der Waals surface area contributed by atoms with Crippen molar-refractivity contribution in [3.05, 3.63) is 35.4 Å². The van der Waals surface area contributed by atoms with Gasteiger partial charge in [0, 0.05) is 24.6 Å². The number of hydrogen-bond acceptors (Lipinski definition) is 3. The molecular formula is C14H21N3O2. The predicted octanol–water partition coefficient (Wildman–Crippen LogP) is 0.919. The number of amides is 2. The highest BCUT2D eigenvalue weighted by atomic mass is 16.1. The molecule has 19 heavy (non-hydrogen) atoms. The van der Waals surface area contributed by atoms with Crippen LogP contribution in [0.2, 0.25) is 0 Å². The number of rotatable bonds is 7. The fraction of sp³-hybridized carbons (Fsp3) is 0.429. The lowest BCUT2D eigenvalue weighted by Gasteiger charge is -2.07. The highest BCUT2D eigenvalue weighted by Gasteiger charge is 2.04. The minimum atomic E-state index is -0.467. The van der Waals surface area contributed by atoms with Crippen LogP contribution in [0.15, 0.2) is 24.3 Å². The van der Waals surface area contributed by atoms with Crippen molar-refractivity contribution in [2.45, 2.75) is 38.8 Å². The van der Waals surface area contributed by atoms with Crippen molar-refractivity contribution >= 4 is 11.8 Å². The summed E-state index contributed by atoms with van der Waals surface area (Å²) in [5.41, 5.74) is 12.1. The third kappa shape index (κ3) is 6.01. The second-order valence-electron chi connectivity index (χ2n) is 4.71. The number of carbonyl (C=O) groups is 2. The van der Waals surface area contributed by atoms with Crippen molar-refractivity contribution in [2.75, 3.05) is 0 Å². The van der Waals surface area contributed by atoms with Gasteiger partial charge in [0.1, 0.15) is 0 Å². The lowest BCUT2D eigenvalue weighted by Crippen LogP contribution is -2.23. The molecule has 1 rings (SSSR count). The highest BCUT2D eigenvalue weighted by Crippen LogP contribution is 2.05. The second kappa shape index (κ2) is 7.53. The molecule has 0 fully saturated rings. The maximum Gasteiger partial charge on any atom is 0.248 e. The maximum atomic E-state index is 11.6. The third-order valence-corrected chi connectivity index (χ3v) is 2.76. The number of hydrogen-bond donors (Lipinski definition) is 3. The molecular weight excluding hydrogens is 242 g/mol. The molecule has 1 unspecified atom stereocenters. The molecule has 0 spiro atoms. The predicted molar refractivity (Wildman–Crippen MR) is 74.3 cm³/mol. The molecule has 0 saturated heterocycles. The van der Waals surface area contributed by atoms with E-state index in [2.05, 4.69) is 5.32 Å². The van der Waals surface area contributed by atoms with Crippen molar-refractivity contribution in [1.29, 1.82) is 0 Å². The third-order valence-electron chi connectivity index (χ3n) is 2.76. The lowest BCUT2D eigenvalue weighted by atomic mass is 10.1. The number of primary amides is 1. The Kier molecular flexibility index (Phi) is 6.02.